The lowest BCUT2D eigenvalue weighted by molar-refractivity contribution is 0.101. The van der Waals surface area contributed by atoms with Gasteiger partial charge < -0.3 is 0 Å². The third-order valence-corrected chi connectivity index (χ3v) is 1.91. The molecule has 0 aromatic carbocycles. The third kappa shape index (κ3) is 1.29. The zero-order valence-electron chi connectivity index (χ0n) is 6.84. The molecule has 0 saturated carbocycles. The third-order valence-electron chi connectivity index (χ3n) is 1.70. The zero-order chi connectivity index (χ0) is 9.42. The van der Waals surface area contributed by atoms with E-state index < -0.39 is 0 Å². The normalized spacial score (nSPS) is 10.6. The Labute approximate surface area is 78.9 Å². The Morgan fingerprint density at radius 1 is 1.62 bits per heavy atom. The van der Waals surface area contributed by atoms with E-state index in [2.05, 4.69) is 15.2 Å². The van der Waals surface area contributed by atoms with Crippen LogP contribution in [-0.2, 0) is 0 Å². The van der Waals surface area contributed by atoms with Crippen LogP contribution in [0.2, 0.25) is 5.02 Å². The van der Waals surface area contributed by atoms with Crippen molar-refractivity contribution in [3.63, 3.8) is 0 Å². The van der Waals surface area contributed by atoms with E-state index in [4.69, 9.17) is 11.6 Å². The smallest absolute Gasteiger partial charge is 0.182 e. The first kappa shape index (κ1) is 8.19. The fourth-order valence-electron chi connectivity index (χ4n) is 1.13. The van der Waals surface area contributed by atoms with Crippen molar-refractivity contribution in [2.45, 2.75) is 6.92 Å². The second-order valence-electron chi connectivity index (χ2n) is 2.68. The lowest BCUT2D eigenvalue weighted by Crippen LogP contribution is -1.93. The Bertz CT molecular complexity index is 477. The van der Waals surface area contributed by atoms with E-state index in [1.54, 1.807) is 6.07 Å². The summed E-state index contributed by atoms with van der Waals surface area (Å²) in [6.07, 6.45) is 1.49. The number of aromatic nitrogens is 3. The lowest BCUT2D eigenvalue weighted by Gasteiger charge is -1.90. The second kappa shape index (κ2) is 2.81. The zero-order valence-corrected chi connectivity index (χ0v) is 7.59. The predicted octanol–water partition coefficient (Wildman–Crippen LogP) is 1.81. The van der Waals surface area contributed by atoms with Crippen LogP contribution in [0.3, 0.4) is 0 Å². The molecule has 0 aliphatic heterocycles. The summed E-state index contributed by atoms with van der Waals surface area (Å²) in [5.74, 6) is -0.110. The van der Waals surface area contributed by atoms with E-state index in [0.717, 1.165) is 0 Å². The number of Topliss-reactive ketones (excluding diaryl/α,β-unsaturated/α-hetero) is 1. The molecule has 66 valence electrons. The minimum atomic E-state index is -0.110. The van der Waals surface area contributed by atoms with Crippen molar-refractivity contribution >= 4 is 28.4 Å². The van der Waals surface area contributed by atoms with Crippen molar-refractivity contribution in [2.24, 2.45) is 0 Å². The van der Waals surface area contributed by atoms with Crippen LogP contribution >= 0.6 is 11.6 Å². The molecule has 0 aliphatic carbocycles. The molecule has 0 fully saturated rings. The fourth-order valence-corrected chi connectivity index (χ4v) is 1.29. The first-order valence-corrected chi connectivity index (χ1v) is 4.07. The molecule has 2 heterocycles. The molecule has 2 aromatic rings. The molecule has 0 bridgehead atoms. The molecule has 0 saturated heterocycles. The second-order valence-corrected chi connectivity index (χ2v) is 3.11. The number of halogens is 1. The van der Waals surface area contributed by atoms with E-state index in [0.29, 0.717) is 21.7 Å². The monoisotopic (exact) mass is 195 g/mol. The van der Waals surface area contributed by atoms with Gasteiger partial charge in [0, 0.05) is 13.1 Å². The maximum absolute atomic E-state index is 11.0. The highest BCUT2D eigenvalue weighted by Crippen LogP contribution is 2.17. The molecule has 0 spiro atoms. The van der Waals surface area contributed by atoms with Gasteiger partial charge in [0.1, 0.15) is 5.52 Å². The molecule has 13 heavy (non-hydrogen) atoms. The number of nitrogens with one attached hydrogen (secondary N) is 1. The van der Waals surface area contributed by atoms with Crippen LogP contribution in [0.25, 0.3) is 11.0 Å². The fraction of sp³-hybridized carbons (Fsp3) is 0.125. The molecule has 0 amide bonds. The summed E-state index contributed by atoms with van der Waals surface area (Å²) in [4.78, 5) is 15.1. The van der Waals surface area contributed by atoms with Crippen LogP contribution in [0.15, 0.2) is 12.3 Å². The van der Waals surface area contributed by atoms with Crippen LogP contribution in [0.4, 0.5) is 0 Å². The number of H-pyrrole nitrogens is 1. The molecular weight excluding hydrogens is 190 g/mol. The van der Waals surface area contributed by atoms with Gasteiger partial charge in [0.2, 0.25) is 0 Å². The summed E-state index contributed by atoms with van der Waals surface area (Å²) in [6.45, 7) is 1.45. The minimum absolute atomic E-state index is 0.110. The van der Waals surface area contributed by atoms with Crippen LogP contribution in [0.1, 0.15) is 17.4 Å². The van der Waals surface area contributed by atoms with Gasteiger partial charge in [-0.25, -0.2) is 0 Å². The average molecular weight is 196 g/mol. The first-order chi connectivity index (χ1) is 6.18. The van der Waals surface area contributed by atoms with Crippen molar-refractivity contribution < 1.29 is 4.79 Å². The van der Waals surface area contributed by atoms with Gasteiger partial charge >= 0.3 is 0 Å². The molecular formula is C8H6ClN3O. The van der Waals surface area contributed by atoms with Crippen molar-refractivity contribution in [1.29, 1.82) is 0 Å². The van der Waals surface area contributed by atoms with Gasteiger partial charge in [0.15, 0.2) is 11.5 Å². The number of carbonyl (C=O) groups is 1. The SMILES string of the molecule is CC(=O)c1n[nH]c2cc(Cl)cnc12. The van der Waals surface area contributed by atoms with Crippen molar-refractivity contribution in [3.05, 3.63) is 23.0 Å². The minimum Gasteiger partial charge on any atom is -0.293 e. The van der Waals surface area contributed by atoms with E-state index in [-0.39, 0.29) is 5.78 Å². The molecule has 4 nitrogen and oxygen atoms in total. The lowest BCUT2D eigenvalue weighted by atomic mass is 10.2. The van der Waals surface area contributed by atoms with Gasteiger partial charge in [0.25, 0.3) is 0 Å². The largest absolute Gasteiger partial charge is 0.293 e. The Hall–Kier alpha value is -1.42. The quantitative estimate of drug-likeness (QED) is 0.706. The van der Waals surface area contributed by atoms with Gasteiger partial charge in [-0.05, 0) is 6.07 Å². The summed E-state index contributed by atoms with van der Waals surface area (Å²) >= 11 is 5.71. The first-order valence-electron chi connectivity index (χ1n) is 3.69. The van der Waals surface area contributed by atoms with E-state index >= 15 is 0 Å². The summed E-state index contributed by atoms with van der Waals surface area (Å²) in [7, 11) is 0. The van der Waals surface area contributed by atoms with Gasteiger partial charge in [0.05, 0.1) is 10.5 Å². The molecule has 0 atom stereocenters. The molecule has 0 radical (unpaired) electrons. The number of pyridine rings is 1. The molecule has 0 unspecified atom stereocenters. The van der Waals surface area contributed by atoms with E-state index in [9.17, 15) is 4.79 Å². The maximum Gasteiger partial charge on any atom is 0.182 e. The van der Waals surface area contributed by atoms with Gasteiger partial charge in [-0.3, -0.25) is 14.9 Å². The highest BCUT2D eigenvalue weighted by Gasteiger charge is 2.10. The van der Waals surface area contributed by atoms with Crippen LogP contribution < -0.4 is 0 Å². The summed E-state index contributed by atoms with van der Waals surface area (Å²) < 4.78 is 0. The topological polar surface area (TPSA) is 58.6 Å². The highest BCUT2D eigenvalue weighted by molar-refractivity contribution is 6.31. The van der Waals surface area contributed by atoms with E-state index in [1.807, 2.05) is 0 Å². The van der Waals surface area contributed by atoms with Crippen molar-refractivity contribution in [1.82, 2.24) is 15.2 Å². The van der Waals surface area contributed by atoms with Crippen molar-refractivity contribution in [3.8, 4) is 0 Å². The number of rotatable bonds is 1. The number of aromatic amines is 1. The summed E-state index contributed by atoms with van der Waals surface area (Å²) in [5.41, 5.74) is 1.60. The molecule has 2 rings (SSSR count). The van der Waals surface area contributed by atoms with Crippen molar-refractivity contribution in [2.75, 3.05) is 0 Å². The number of fused-ring (bicyclic) bond motifs is 1. The van der Waals surface area contributed by atoms with Gasteiger partial charge in [-0.2, -0.15) is 5.10 Å². The number of hydrogen-bond donors (Lipinski definition) is 1. The standard InChI is InChI=1S/C8H6ClN3O/c1-4(13)7-8-6(11-12-7)2-5(9)3-10-8/h2-3H,1H3,(H,11,12). The Morgan fingerprint density at radius 2 is 2.38 bits per heavy atom. The summed E-state index contributed by atoms with van der Waals surface area (Å²) in [6, 6.07) is 1.68. The van der Waals surface area contributed by atoms with Crippen LogP contribution in [0, 0.1) is 0 Å². The van der Waals surface area contributed by atoms with Crippen LogP contribution in [-0.4, -0.2) is 21.0 Å². The van der Waals surface area contributed by atoms with Gasteiger partial charge in [-0.15, -0.1) is 0 Å². The Morgan fingerprint density at radius 3 is 3.08 bits per heavy atom. The van der Waals surface area contributed by atoms with Crippen LogP contribution in [0.5, 0.6) is 0 Å². The maximum atomic E-state index is 11.0. The molecule has 0 aliphatic rings. The molecule has 1 N–H and O–H groups in total. The number of carbonyl (C=O) groups excluding carboxylic acids is 1. The average Bonchev–Trinajstić information content (AvgIpc) is 2.46. The Kier molecular flexibility index (Phi) is 1.77. The van der Waals surface area contributed by atoms with Gasteiger partial charge in [-0.1, -0.05) is 11.6 Å². The highest BCUT2D eigenvalue weighted by atomic mass is 35.5. The van der Waals surface area contributed by atoms with E-state index in [1.165, 1.54) is 13.1 Å². The molecule has 2 aromatic heterocycles. The summed E-state index contributed by atoms with van der Waals surface area (Å²) in [5, 5.41) is 7.05. The predicted molar refractivity (Wildman–Crippen MR) is 48.9 cm³/mol. The number of ketones is 1. The Balaban J connectivity index is 2.76. The molecule has 5 heteroatoms. The number of hydrogen-bond acceptors (Lipinski definition) is 3. The number of nitrogens with zero attached hydrogens (tertiary/aromatic N) is 2.